The van der Waals surface area contributed by atoms with Gasteiger partial charge in [0, 0.05) is 13.2 Å². The van der Waals surface area contributed by atoms with Crippen molar-refractivity contribution in [3.63, 3.8) is 0 Å². The Morgan fingerprint density at radius 3 is 2.91 bits per heavy atom. The molecule has 1 aliphatic rings. The number of hydrogen-bond donors (Lipinski definition) is 1. The molecule has 0 saturated carbocycles. The molecule has 1 N–H and O–H groups in total. The fourth-order valence-electron chi connectivity index (χ4n) is 2.69. The Balaban J connectivity index is 1.95. The van der Waals surface area contributed by atoms with Crippen LogP contribution in [0, 0.1) is 5.92 Å². The lowest BCUT2D eigenvalue weighted by Crippen LogP contribution is -2.39. The topological polar surface area (TPSA) is 56.8 Å². The van der Waals surface area contributed by atoms with Crippen molar-refractivity contribution in [3.8, 4) is 11.5 Å². The molecule has 1 aromatic carbocycles. The normalized spacial score (nSPS) is 21.2. The number of carbonyl (C=O) groups is 1. The molecular weight excluding hydrogens is 282 g/mol. The van der Waals surface area contributed by atoms with E-state index >= 15 is 0 Å². The Hall–Kier alpha value is -1.75. The van der Waals surface area contributed by atoms with Crippen LogP contribution in [0.5, 0.6) is 11.5 Å². The van der Waals surface area contributed by atoms with Crippen molar-refractivity contribution in [2.45, 2.75) is 39.3 Å². The van der Waals surface area contributed by atoms with Gasteiger partial charge in [0.25, 0.3) is 0 Å². The van der Waals surface area contributed by atoms with Gasteiger partial charge in [-0.25, -0.2) is 0 Å². The largest absolute Gasteiger partial charge is 0.493 e. The van der Waals surface area contributed by atoms with Crippen molar-refractivity contribution in [1.29, 1.82) is 0 Å². The Morgan fingerprint density at radius 2 is 2.23 bits per heavy atom. The molecule has 1 aromatic rings. The van der Waals surface area contributed by atoms with Gasteiger partial charge in [-0.15, -0.1) is 0 Å². The molecule has 2 unspecified atom stereocenters. The van der Waals surface area contributed by atoms with E-state index in [2.05, 4.69) is 5.32 Å². The summed E-state index contributed by atoms with van der Waals surface area (Å²) in [6, 6.07) is 5.70. The lowest BCUT2D eigenvalue weighted by atomic mass is 9.94. The first kappa shape index (κ1) is 16.6. The van der Waals surface area contributed by atoms with Crippen molar-refractivity contribution in [2.24, 2.45) is 5.92 Å². The molecule has 22 heavy (non-hydrogen) atoms. The van der Waals surface area contributed by atoms with Crippen LogP contribution < -0.4 is 14.8 Å². The lowest BCUT2D eigenvalue weighted by molar-refractivity contribution is -0.133. The van der Waals surface area contributed by atoms with Gasteiger partial charge in [0.2, 0.25) is 5.91 Å². The number of carbonyl (C=O) groups excluding carboxylic acids is 1. The van der Waals surface area contributed by atoms with Gasteiger partial charge in [-0.3, -0.25) is 4.79 Å². The molecule has 122 valence electrons. The number of methoxy groups -OCH3 is 1. The molecule has 2 atom stereocenters. The molecule has 5 nitrogen and oxygen atoms in total. The standard InChI is InChI=1S/C17H25NO4/c1-4-21-16-10-13(7-8-15(16)20-3)11-18-17(19)14-6-5-9-22-12(14)2/h7-8,10,12,14H,4-6,9,11H2,1-3H3,(H,18,19). The fourth-order valence-corrected chi connectivity index (χ4v) is 2.69. The summed E-state index contributed by atoms with van der Waals surface area (Å²) in [4.78, 5) is 12.3. The van der Waals surface area contributed by atoms with Crippen LogP contribution in [0.1, 0.15) is 32.3 Å². The SMILES string of the molecule is CCOc1cc(CNC(=O)C2CCCOC2C)ccc1OC. The van der Waals surface area contributed by atoms with Crippen LogP contribution in [0.15, 0.2) is 18.2 Å². The Bertz CT molecular complexity index is 503. The minimum atomic E-state index is -0.0571. The molecular formula is C17H25NO4. The first-order valence-corrected chi connectivity index (χ1v) is 7.84. The summed E-state index contributed by atoms with van der Waals surface area (Å²) in [7, 11) is 1.61. The van der Waals surface area contributed by atoms with Crippen LogP contribution in [0.3, 0.4) is 0 Å². The van der Waals surface area contributed by atoms with Crippen molar-refractivity contribution in [1.82, 2.24) is 5.32 Å². The summed E-state index contributed by atoms with van der Waals surface area (Å²) >= 11 is 0. The van der Waals surface area contributed by atoms with Crippen molar-refractivity contribution in [2.75, 3.05) is 20.3 Å². The van der Waals surface area contributed by atoms with E-state index in [1.165, 1.54) is 0 Å². The zero-order valence-corrected chi connectivity index (χ0v) is 13.6. The maximum atomic E-state index is 12.3. The highest BCUT2D eigenvalue weighted by atomic mass is 16.5. The molecule has 2 rings (SSSR count). The molecule has 1 saturated heterocycles. The third-order valence-electron chi connectivity index (χ3n) is 3.94. The Morgan fingerprint density at radius 1 is 1.41 bits per heavy atom. The second-order valence-corrected chi connectivity index (χ2v) is 5.46. The highest BCUT2D eigenvalue weighted by Gasteiger charge is 2.28. The lowest BCUT2D eigenvalue weighted by Gasteiger charge is -2.28. The minimum absolute atomic E-state index is 0.0106. The second kappa shape index (κ2) is 8.03. The van der Waals surface area contributed by atoms with E-state index in [1.807, 2.05) is 32.0 Å². The van der Waals surface area contributed by atoms with E-state index in [4.69, 9.17) is 14.2 Å². The van der Waals surface area contributed by atoms with Crippen LogP contribution in [0.4, 0.5) is 0 Å². The average Bonchev–Trinajstić information content (AvgIpc) is 2.53. The van der Waals surface area contributed by atoms with Crippen molar-refractivity contribution in [3.05, 3.63) is 23.8 Å². The molecule has 1 heterocycles. The maximum Gasteiger partial charge on any atom is 0.225 e. The molecule has 0 bridgehead atoms. The van der Waals surface area contributed by atoms with Crippen molar-refractivity contribution < 1.29 is 19.0 Å². The monoisotopic (exact) mass is 307 g/mol. The van der Waals surface area contributed by atoms with Gasteiger partial charge >= 0.3 is 0 Å². The molecule has 0 radical (unpaired) electrons. The van der Waals surface area contributed by atoms with Gasteiger partial charge in [-0.2, -0.15) is 0 Å². The molecule has 5 heteroatoms. The van der Waals surface area contributed by atoms with Crippen LogP contribution in [-0.4, -0.2) is 32.3 Å². The van der Waals surface area contributed by atoms with E-state index in [1.54, 1.807) is 7.11 Å². The fraction of sp³-hybridized carbons (Fsp3) is 0.588. The van der Waals surface area contributed by atoms with E-state index in [0.717, 1.165) is 25.0 Å². The number of hydrogen-bond acceptors (Lipinski definition) is 4. The quantitative estimate of drug-likeness (QED) is 0.877. The minimum Gasteiger partial charge on any atom is -0.493 e. The van der Waals surface area contributed by atoms with Gasteiger partial charge < -0.3 is 19.5 Å². The number of amides is 1. The van der Waals surface area contributed by atoms with Gasteiger partial charge in [0.1, 0.15) is 0 Å². The first-order chi connectivity index (χ1) is 10.7. The summed E-state index contributed by atoms with van der Waals surface area (Å²) in [5.41, 5.74) is 0.988. The van der Waals surface area contributed by atoms with Crippen LogP contribution in [0.25, 0.3) is 0 Å². The Labute approximate surface area is 131 Å². The van der Waals surface area contributed by atoms with Gasteiger partial charge in [0.15, 0.2) is 11.5 Å². The Kier molecular flexibility index (Phi) is 6.07. The first-order valence-electron chi connectivity index (χ1n) is 7.84. The smallest absolute Gasteiger partial charge is 0.225 e. The zero-order valence-electron chi connectivity index (χ0n) is 13.6. The summed E-state index contributed by atoms with van der Waals surface area (Å²) in [5.74, 6) is 1.40. The number of benzene rings is 1. The van der Waals surface area contributed by atoms with E-state index in [0.29, 0.717) is 24.7 Å². The average molecular weight is 307 g/mol. The molecule has 1 aliphatic heterocycles. The molecule has 1 amide bonds. The predicted octanol–water partition coefficient (Wildman–Crippen LogP) is 2.53. The van der Waals surface area contributed by atoms with Crippen LogP contribution in [-0.2, 0) is 16.1 Å². The number of nitrogens with one attached hydrogen (secondary N) is 1. The summed E-state index contributed by atoms with van der Waals surface area (Å²) in [5, 5.41) is 2.99. The second-order valence-electron chi connectivity index (χ2n) is 5.46. The summed E-state index contributed by atoms with van der Waals surface area (Å²) in [6.45, 7) is 5.69. The molecule has 0 spiro atoms. The summed E-state index contributed by atoms with van der Waals surface area (Å²) in [6.07, 6.45) is 1.82. The highest BCUT2D eigenvalue weighted by molar-refractivity contribution is 5.79. The predicted molar refractivity (Wildman–Crippen MR) is 84.1 cm³/mol. The van der Waals surface area contributed by atoms with E-state index in [-0.39, 0.29) is 17.9 Å². The third-order valence-corrected chi connectivity index (χ3v) is 3.94. The van der Waals surface area contributed by atoms with Crippen LogP contribution in [0.2, 0.25) is 0 Å². The number of ether oxygens (including phenoxy) is 3. The third kappa shape index (κ3) is 4.13. The van der Waals surface area contributed by atoms with Gasteiger partial charge in [-0.1, -0.05) is 6.07 Å². The van der Waals surface area contributed by atoms with Crippen LogP contribution >= 0.6 is 0 Å². The highest BCUT2D eigenvalue weighted by Crippen LogP contribution is 2.28. The van der Waals surface area contributed by atoms with Crippen molar-refractivity contribution >= 4 is 5.91 Å². The van der Waals surface area contributed by atoms with Gasteiger partial charge in [-0.05, 0) is 44.4 Å². The summed E-state index contributed by atoms with van der Waals surface area (Å²) < 4.78 is 16.4. The van der Waals surface area contributed by atoms with E-state index < -0.39 is 0 Å². The maximum absolute atomic E-state index is 12.3. The molecule has 1 fully saturated rings. The molecule has 0 aromatic heterocycles. The molecule has 0 aliphatic carbocycles. The number of rotatable bonds is 6. The van der Waals surface area contributed by atoms with Gasteiger partial charge in [0.05, 0.1) is 25.7 Å². The van der Waals surface area contributed by atoms with E-state index in [9.17, 15) is 4.79 Å². The zero-order chi connectivity index (χ0) is 15.9.